The quantitative estimate of drug-likeness (QED) is 0.651. The molecule has 0 fully saturated rings. The van der Waals surface area contributed by atoms with E-state index < -0.39 is 5.82 Å². The topological polar surface area (TPSA) is 45.1 Å². The minimum absolute atomic E-state index is 0.0414. The number of nitrogens with zero attached hydrogens (tertiary/aromatic N) is 1. The van der Waals surface area contributed by atoms with Crippen molar-refractivity contribution in [2.45, 2.75) is 0 Å². The number of phenolic OH excluding ortho intramolecular Hbond substituents is 1. The summed E-state index contributed by atoms with van der Waals surface area (Å²) >= 11 is 9.01. The fourth-order valence-corrected chi connectivity index (χ4v) is 2.49. The standard InChI is InChI=1S/C15H9BrClFN2O/c16-10-6-11(18)14(7-15(10)21)20-12-3-4-19-13-5-8(17)1-2-9(12)13/h1-7,21H,(H,19,20). The minimum atomic E-state index is -0.474. The van der Waals surface area contributed by atoms with Gasteiger partial charge < -0.3 is 10.4 Å². The number of halogens is 3. The fraction of sp³-hybridized carbons (Fsp3) is 0. The van der Waals surface area contributed by atoms with Crippen LogP contribution in [0, 0.1) is 5.82 Å². The second-order valence-electron chi connectivity index (χ2n) is 4.43. The van der Waals surface area contributed by atoms with Crippen LogP contribution in [-0.4, -0.2) is 10.1 Å². The summed E-state index contributed by atoms with van der Waals surface area (Å²) in [7, 11) is 0. The van der Waals surface area contributed by atoms with E-state index in [1.165, 1.54) is 12.1 Å². The Morgan fingerprint density at radius 1 is 1.14 bits per heavy atom. The summed E-state index contributed by atoms with van der Waals surface area (Å²) in [6.45, 7) is 0. The molecule has 0 aliphatic carbocycles. The van der Waals surface area contributed by atoms with Gasteiger partial charge in [0.05, 0.1) is 15.7 Å². The maximum Gasteiger partial charge on any atom is 0.148 e. The zero-order valence-corrected chi connectivity index (χ0v) is 12.9. The van der Waals surface area contributed by atoms with Gasteiger partial charge in [0.1, 0.15) is 11.6 Å². The third kappa shape index (κ3) is 2.80. The SMILES string of the molecule is Oc1cc(Nc2ccnc3cc(Cl)ccc23)c(F)cc1Br. The molecule has 6 heteroatoms. The van der Waals surface area contributed by atoms with Crippen LogP contribution in [0.25, 0.3) is 10.9 Å². The molecule has 1 aromatic heterocycles. The number of anilines is 2. The van der Waals surface area contributed by atoms with Gasteiger partial charge >= 0.3 is 0 Å². The van der Waals surface area contributed by atoms with E-state index in [0.717, 1.165) is 5.39 Å². The number of aromatic hydroxyl groups is 1. The van der Waals surface area contributed by atoms with Crippen molar-refractivity contribution in [2.24, 2.45) is 0 Å². The van der Waals surface area contributed by atoms with Gasteiger partial charge in [0, 0.05) is 28.4 Å². The van der Waals surface area contributed by atoms with Crippen LogP contribution in [0.1, 0.15) is 0 Å². The average molecular weight is 368 g/mol. The first-order valence-corrected chi connectivity index (χ1v) is 7.21. The monoisotopic (exact) mass is 366 g/mol. The maximum absolute atomic E-state index is 13.9. The summed E-state index contributed by atoms with van der Waals surface area (Å²) in [5.74, 6) is -0.515. The van der Waals surface area contributed by atoms with Crippen molar-refractivity contribution in [3.05, 3.63) is 57.9 Å². The molecule has 2 aromatic carbocycles. The second kappa shape index (κ2) is 5.50. The van der Waals surface area contributed by atoms with Crippen molar-refractivity contribution in [2.75, 3.05) is 5.32 Å². The normalized spacial score (nSPS) is 10.8. The molecule has 0 unspecified atom stereocenters. The van der Waals surface area contributed by atoms with E-state index in [1.54, 1.807) is 24.4 Å². The number of fused-ring (bicyclic) bond motifs is 1. The number of phenols is 1. The Morgan fingerprint density at radius 3 is 2.76 bits per heavy atom. The molecule has 106 valence electrons. The smallest absolute Gasteiger partial charge is 0.148 e. The molecular formula is C15H9BrClFN2O. The zero-order valence-electron chi connectivity index (χ0n) is 10.6. The highest BCUT2D eigenvalue weighted by Gasteiger charge is 2.10. The van der Waals surface area contributed by atoms with Crippen LogP contribution in [0.2, 0.25) is 5.02 Å². The Hall–Kier alpha value is -1.85. The molecule has 21 heavy (non-hydrogen) atoms. The van der Waals surface area contributed by atoms with Gasteiger partial charge in [-0.3, -0.25) is 4.98 Å². The Morgan fingerprint density at radius 2 is 1.95 bits per heavy atom. The number of nitrogens with one attached hydrogen (secondary N) is 1. The highest BCUT2D eigenvalue weighted by molar-refractivity contribution is 9.10. The van der Waals surface area contributed by atoms with Crippen molar-refractivity contribution >= 4 is 49.8 Å². The summed E-state index contributed by atoms with van der Waals surface area (Å²) in [5.41, 5.74) is 1.56. The highest BCUT2D eigenvalue weighted by Crippen LogP contribution is 2.33. The third-order valence-electron chi connectivity index (χ3n) is 3.01. The predicted octanol–water partition coefficient (Wildman–Crippen LogP) is 5.24. The number of hydrogen-bond donors (Lipinski definition) is 2. The molecule has 0 atom stereocenters. The predicted molar refractivity (Wildman–Crippen MR) is 85.8 cm³/mol. The number of pyridine rings is 1. The van der Waals surface area contributed by atoms with E-state index in [9.17, 15) is 9.50 Å². The van der Waals surface area contributed by atoms with E-state index in [0.29, 0.717) is 20.7 Å². The maximum atomic E-state index is 13.9. The van der Waals surface area contributed by atoms with Gasteiger partial charge in [0.15, 0.2) is 0 Å². The first-order chi connectivity index (χ1) is 10.0. The van der Waals surface area contributed by atoms with Crippen LogP contribution < -0.4 is 5.32 Å². The lowest BCUT2D eigenvalue weighted by molar-refractivity contribution is 0.470. The number of aromatic nitrogens is 1. The molecular weight excluding hydrogens is 359 g/mol. The second-order valence-corrected chi connectivity index (χ2v) is 5.72. The summed E-state index contributed by atoms with van der Waals surface area (Å²) in [6.07, 6.45) is 1.61. The minimum Gasteiger partial charge on any atom is -0.507 e. The Labute approximate surface area is 133 Å². The van der Waals surface area contributed by atoms with Crippen molar-refractivity contribution < 1.29 is 9.50 Å². The van der Waals surface area contributed by atoms with Gasteiger partial charge in [-0.1, -0.05) is 11.6 Å². The summed E-state index contributed by atoms with van der Waals surface area (Å²) < 4.78 is 14.2. The van der Waals surface area contributed by atoms with Crippen LogP contribution in [-0.2, 0) is 0 Å². The number of hydrogen-bond acceptors (Lipinski definition) is 3. The van der Waals surface area contributed by atoms with E-state index in [1.807, 2.05) is 6.07 Å². The first-order valence-electron chi connectivity index (χ1n) is 6.04. The molecule has 0 bridgehead atoms. The van der Waals surface area contributed by atoms with Crippen molar-refractivity contribution in [1.82, 2.24) is 4.98 Å². The third-order valence-corrected chi connectivity index (χ3v) is 3.88. The van der Waals surface area contributed by atoms with Gasteiger partial charge in [-0.25, -0.2) is 4.39 Å². The molecule has 0 amide bonds. The van der Waals surface area contributed by atoms with Gasteiger partial charge in [0.2, 0.25) is 0 Å². The van der Waals surface area contributed by atoms with Crippen LogP contribution in [0.3, 0.4) is 0 Å². The lowest BCUT2D eigenvalue weighted by Crippen LogP contribution is -1.95. The van der Waals surface area contributed by atoms with Crippen LogP contribution in [0.15, 0.2) is 47.1 Å². The molecule has 0 saturated carbocycles. The van der Waals surface area contributed by atoms with E-state index >= 15 is 0 Å². The van der Waals surface area contributed by atoms with E-state index in [2.05, 4.69) is 26.2 Å². The van der Waals surface area contributed by atoms with Gasteiger partial charge in [-0.05, 0) is 46.3 Å². The Balaban J connectivity index is 2.08. The molecule has 0 radical (unpaired) electrons. The first kappa shape index (κ1) is 14.1. The highest BCUT2D eigenvalue weighted by atomic mass is 79.9. The van der Waals surface area contributed by atoms with Crippen LogP contribution in [0.5, 0.6) is 5.75 Å². The molecule has 3 nitrogen and oxygen atoms in total. The van der Waals surface area contributed by atoms with Crippen LogP contribution >= 0.6 is 27.5 Å². The Bertz CT molecular complexity index is 841. The fourth-order valence-electron chi connectivity index (χ4n) is 2.01. The zero-order chi connectivity index (χ0) is 15.0. The molecule has 0 spiro atoms. The molecule has 2 N–H and O–H groups in total. The summed E-state index contributed by atoms with van der Waals surface area (Å²) in [4.78, 5) is 4.22. The largest absolute Gasteiger partial charge is 0.507 e. The molecule has 0 aliphatic heterocycles. The lowest BCUT2D eigenvalue weighted by atomic mass is 10.1. The van der Waals surface area contributed by atoms with Gasteiger partial charge in [-0.2, -0.15) is 0 Å². The molecule has 1 heterocycles. The van der Waals surface area contributed by atoms with E-state index in [4.69, 9.17) is 11.6 Å². The molecule has 3 aromatic rings. The number of rotatable bonds is 2. The summed E-state index contributed by atoms with van der Waals surface area (Å²) in [5, 5.41) is 14.0. The van der Waals surface area contributed by atoms with Crippen LogP contribution in [0.4, 0.5) is 15.8 Å². The molecule has 0 saturated heterocycles. The molecule has 0 aliphatic rings. The lowest BCUT2D eigenvalue weighted by Gasteiger charge is -2.11. The van der Waals surface area contributed by atoms with Crippen molar-refractivity contribution in [3.8, 4) is 5.75 Å². The molecule has 3 rings (SSSR count). The summed E-state index contributed by atoms with van der Waals surface area (Å²) in [6, 6.07) is 9.54. The van der Waals surface area contributed by atoms with Gasteiger partial charge in [-0.15, -0.1) is 0 Å². The van der Waals surface area contributed by atoms with Crippen molar-refractivity contribution in [3.63, 3.8) is 0 Å². The average Bonchev–Trinajstić information content (AvgIpc) is 2.44. The van der Waals surface area contributed by atoms with Crippen molar-refractivity contribution in [1.29, 1.82) is 0 Å². The van der Waals surface area contributed by atoms with Gasteiger partial charge in [0.25, 0.3) is 0 Å². The Kier molecular flexibility index (Phi) is 3.69. The number of benzene rings is 2. The van der Waals surface area contributed by atoms with E-state index in [-0.39, 0.29) is 11.4 Å².